The third-order valence-electron chi connectivity index (χ3n) is 3.45. The molecule has 0 aliphatic heterocycles. The summed E-state index contributed by atoms with van der Waals surface area (Å²) in [5.74, 6) is 0.636. The summed E-state index contributed by atoms with van der Waals surface area (Å²) in [5, 5.41) is 13.1. The Hall–Kier alpha value is -0.930. The van der Waals surface area contributed by atoms with Gasteiger partial charge in [-0.3, -0.25) is 4.98 Å². The molecule has 0 aromatic carbocycles. The van der Waals surface area contributed by atoms with E-state index in [0.29, 0.717) is 5.92 Å². The summed E-state index contributed by atoms with van der Waals surface area (Å²) >= 11 is 0. The van der Waals surface area contributed by atoms with Crippen LogP contribution in [-0.4, -0.2) is 22.7 Å². The molecule has 0 spiro atoms. The summed E-state index contributed by atoms with van der Waals surface area (Å²) in [6, 6.07) is 2.16. The van der Waals surface area contributed by atoms with E-state index < -0.39 is 0 Å². The van der Waals surface area contributed by atoms with E-state index in [-0.39, 0.29) is 6.10 Å². The minimum Gasteiger partial charge on any atom is -0.393 e. The zero-order valence-corrected chi connectivity index (χ0v) is 10.5. The van der Waals surface area contributed by atoms with Crippen LogP contribution in [0.15, 0.2) is 18.5 Å². The van der Waals surface area contributed by atoms with E-state index in [1.165, 1.54) is 24.0 Å². The Morgan fingerprint density at radius 2 is 2.29 bits per heavy atom. The summed E-state index contributed by atoms with van der Waals surface area (Å²) in [4.78, 5) is 4.18. The Morgan fingerprint density at radius 3 is 3.06 bits per heavy atom. The number of hydrogen-bond acceptors (Lipinski definition) is 3. The van der Waals surface area contributed by atoms with Crippen LogP contribution >= 0.6 is 0 Å². The highest BCUT2D eigenvalue weighted by Crippen LogP contribution is 2.23. The Morgan fingerprint density at radius 1 is 1.41 bits per heavy atom. The molecule has 3 heteroatoms. The molecular weight excluding hydrogens is 212 g/mol. The molecule has 2 unspecified atom stereocenters. The molecule has 94 valence electrons. The van der Waals surface area contributed by atoms with Crippen molar-refractivity contribution in [3.8, 4) is 0 Å². The van der Waals surface area contributed by atoms with Crippen molar-refractivity contribution in [3.63, 3.8) is 0 Å². The number of nitrogens with zero attached hydrogens (tertiary/aromatic N) is 1. The second-order valence-corrected chi connectivity index (χ2v) is 5.19. The minimum atomic E-state index is -0.0730. The average Bonchev–Trinajstić information content (AvgIpc) is 2.29. The second kappa shape index (κ2) is 6.12. The minimum absolute atomic E-state index is 0.0730. The lowest BCUT2D eigenvalue weighted by Gasteiger charge is -2.26. The van der Waals surface area contributed by atoms with Crippen molar-refractivity contribution in [3.05, 3.63) is 29.6 Å². The lowest BCUT2D eigenvalue weighted by atomic mass is 9.87. The SMILES string of the molecule is Cc1cncc(CNCC2CCCC(O)C2)c1. The maximum atomic E-state index is 9.59. The van der Waals surface area contributed by atoms with Crippen molar-refractivity contribution in [2.75, 3.05) is 6.54 Å². The van der Waals surface area contributed by atoms with Gasteiger partial charge in [0.05, 0.1) is 6.10 Å². The van der Waals surface area contributed by atoms with Crippen LogP contribution in [0.1, 0.15) is 36.8 Å². The fourth-order valence-corrected chi connectivity index (χ4v) is 2.58. The van der Waals surface area contributed by atoms with Gasteiger partial charge in [0.1, 0.15) is 0 Å². The van der Waals surface area contributed by atoms with Gasteiger partial charge < -0.3 is 10.4 Å². The fourth-order valence-electron chi connectivity index (χ4n) is 2.58. The molecule has 1 aliphatic rings. The van der Waals surface area contributed by atoms with E-state index in [1.807, 2.05) is 12.4 Å². The second-order valence-electron chi connectivity index (χ2n) is 5.19. The number of pyridine rings is 1. The molecule has 2 rings (SSSR count). The first kappa shape index (κ1) is 12.5. The van der Waals surface area contributed by atoms with Crippen molar-refractivity contribution >= 4 is 0 Å². The third kappa shape index (κ3) is 4.10. The van der Waals surface area contributed by atoms with Gasteiger partial charge in [0.15, 0.2) is 0 Å². The zero-order valence-electron chi connectivity index (χ0n) is 10.5. The first-order chi connectivity index (χ1) is 8.24. The molecule has 1 aromatic rings. The van der Waals surface area contributed by atoms with Gasteiger partial charge in [-0.05, 0) is 49.8 Å². The Balaban J connectivity index is 1.72. The topological polar surface area (TPSA) is 45.2 Å². The molecule has 2 N–H and O–H groups in total. The van der Waals surface area contributed by atoms with Gasteiger partial charge in [-0.15, -0.1) is 0 Å². The Kier molecular flexibility index (Phi) is 4.51. The normalized spacial score (nSPS) is 24.8. The van der Waals surface area contributed by atoms with Crippen LogP contribution in [0.3, 0.4) is 0 Å². The van der Waals surface area contributed by atoms with Crippen LogP contribution in [-0.2, 0) is 6.54 Å². The van der Waals surface area contributed by atoms with E-state index in [9.17, 15) is 5.11 Å². The van der Waals surface area contributed by atoms with E-state index in [4.69, 9.17) is 0 Å². The van der Waals surface area contributed by atoms with Crippen molar-refractivity contribution in [2.45, 2.75) is 45.3 Å². The highest BCUT2D eigenvalue weighted by atomic mass is 16.3. The number of rotatable bonds is 4. The fraction of sp³-hybridized carbons (Fsp3) is 0.643. The highest BCUT2D eigenvalue weighted by molar-refractivity contribution is 5.16. The molecule has 17 heavy (non-hydrogen) atoms. The van der Waals surface area contributed by atoms with Crippen LogP contribution in [0.25, 0.3) is 0 Å². The van der Waals surface area contributed by atoms with Gasteiger partial charge in [-0.25, -0.2) is 0 Å². The smallest absolute Gasteiger partial charge is 0.0543 e. The molecule has 1 aliphatic carbocycles. The monoisotopic (exact) mass is 234 g/mol. The number of nitrogens with one attached hydrogen (secondary N) is 1. The Bertz CT molecular complexity index is 354. The van der Waals surface area contributed by atoms with Gasteiger partial charge >= 0.3 is 0 Å². The van der Waals surface area contributed by atoms with Gasteiger partial charge in [0, 0.05) is 18.9 Å². The molecule has 1 heterocycles. The summed E-state index contributed by atoms with van der Waals surface area (Å²) in [6.45, 7) is 3.94. The van der Waals surface area contributed by atoms with E-state index >= 15 is 0 Å². The van der Waals surface area contributed by atoms with Gasteiger partial charge in [0.2, 0.25) is 0 Å². The highest BCUT2D eigenvalue weighted by Gasteiger charge is 2.19. The molecule has 3 nitrogen and oxygen atoms in total. The first-order valence-electron chi connectivity index (χ1n) is 6.53. The van der Waals surface area contributed by atoms with Gasteiger partial charge in [0.25, 0.3) is 0 Å². The summed E-state index contributed by atoms with van der Waals surface area (Å²) in [5.41, 5.74) is 2.44. The van der Waals surface area contributed by atoms with E-state index in [1.54, 1.807) is 0 Å². The van der Waals surface area contributed by atoms with Crippen LogP contribution in [0, 0.1) is 12.8 Å². The molecule has 1 fully saturated rings. The summed E-state index contributed by atoms with van der Waals surface area (Å²) in [7, 11) is 0. The van der Waals surface area contributed by atoms with Crippen LogP contribution in [0.5, 0.6) is 0 Å². The predicted molar refractivity (Wildman–Crippen MR) is 68.6 cm³/mol. The maximum Gasteiger partial charge on any atom is 0.0543 e. The van der Waals surface area contributed by atoms with Crippen molar-refractivity contribution in [1.29, 1.82) is 0 Å². The first-order valence-corrected chi connectivity index (χ1v) is 6.53. The molecule has 0 saturated heterocycles. The van der Waals surface area contributed by atoms with E-state index in [2.05, 4.69) is 23.3 Å². The summed E-state index contributed by atoms with van der Waals surface area (Å²) < 4.78 is 0. The third-order valence-corrected chi connectivity index (χ3v) is 3.45. The van der Waals surface area contributed by atoms with Crippen molar-refractivity contribution in [2.24, 2.45) is 5.92 Å². The molecular formula is C14H22N2O. The molecule has 1 saturated carbocycles. The van der Waals surface area contributed by atoms with Crippen molar-refractivity contribution in [1.82, 2.24) is 10.3 Å². The van der Waals surface area contributed by atoms with Crippen LogP contribution in [0.2, 0.25) is 0 Å². The number of aromatic nitrogens is 1. The predicted octanol–water partition coefficient (Wildman–Crippen LogP) is 2.03. The van der Waals surface area contributed by atoms with Gasteiger partial charge in [-0.1, -0.05) is 12.5 Å². The number of aliphatic hydroxyl groups excluding tert-OH is 1. The molecule has 0 radical (unpaired) electrons. The molecule has 2 atom stereocenters. The van der Waals surface area contributed by atoms with E-state index in [0.717, 1.165) is 25.9 Å². The van der Waals surface area contributed by atoms with Gasteiger partial charge in [-0.2, -0.15) is 0 Å². The molecule has 1 aromatic heterocycles. The maximum absolute atomic E-state index is 9.59. The molecule has 0 bridgehead atoms. The number of aryl methyl sites for hydroxylation is 1. The largest absolute Gasteiger partial charge is 0.393 e. The van der Waals surface area contributed by atoms with Crippen LogP contribution < -0.4 is 5.32 Å². The lowest BCUT2D eigenvalue weighted by molar-refractivity contribution is 0.101. The lowest BCUT2D eigenvalue weighted by Crippen LogP contribution is -2.28. The average molecular weight is 234 g/mol. The van der Waals surface area contributed by atoms with Crippen molar-refractivity contribution < 1.29 is 5.11 Å². The van der Waals surface area contributed by atoms with Crippen LogP contribution in [0.4, 0.5) is 0 Å². The Labute approximate surface area is 103 Å². The quantitative estimate of drug-likeness (QED) is 0.838. The summed E-state index contributed by atoms with van der Waals surface area (Å²) in [6.07, 6.45) is 8.07. The standard InChI is InChI=1S/C14H22N2O/c1-11-5-13(9-15-7-11)10-16-8-12-3-2-4-14(17)6-12/h5,7,9,12,14,16-17H,2-4,6,8,10H2,1H3. The number of hydrogen-bond donors (Lipinski definition) is 2. The molecule has 0 amide bonds. The number of aliphatic hydroxyl groups is 1. The zero-order chi connectivity index (χ0) is 12.1.